The van der Waals surface area contributed by atoms with E-state index >= 15 is 0 Å². The zero-order valence-electron chi connectivity index (χ0n) is 27.6. The first kappa shape index (κ1) is 29.6. The fourth-order valence-electron chi connectivity index (χ4n) is 7.06. The summed E-state index contributed by atoms with van der Waals surface area (Å²) in [6.45, 7) is 0. The van der Waals surface area contributed by atoms with Crippen LogP contribution in [-0.4, -0.2) is 0 Å². The van der Waals surface area contributed by atoms with Gasteiger partial charge in [-0.1, -0.05) is 176 Å². The second kappa shape index (κ2) is 12.8. The molecule has 234 valence electrons. The summed E-state index contributed by atoms with van der Waals surface area (Å²) in [5.41, 5.74) is 14.6. The Hall–Kier alpha value is -6.50. The molecule has 0 heterocycles. The number of hydrogen-bond donors (Lipinski definition) is 0. The maximum atomic E-state index is 2.33. The maximum absolute atomic E-state index is 2.33. The molecule has 0 fully saturated rings. The van der Waals surface area contributed by atoms with Crippen LogP contribution in [0.5, 0.6) is 0 Å². The van der Waals surface area contributed by atoms with Crippen LogP contribution in [-0.2, 0) is 0 Å². The van der Waals surface area contributed by atoms with Gasteiger partial charge in [0.1, 0.15) is 0 Å². The summed E-state index contributed by atoms with van der Waals surface area (Å²) in [5, 5.41) is 5.05. The fraction of sp³-hybridized carbons (Fsp3) is 0. The Balaban J connectivity index is 1.09. The molecular formula is C50H34. The molecule has 9 rings (SSSR count). The highest BCUT2D eigenvalue weighted by atomic mass is 14.1. The fourth-order valence-corrected chi connectivity index (χ4v) is 7.06. The van der Waals surface area contributed by atoms with E-state index in [1.807, 2.05) is 0 Å². The van der Waals surface area contributed by atoms with Crippen LogP contribution in [0.1, 0.15) is 0 Å². The zero-order valence-corrected chi connectivity index (χ0v) is 27.6. The molecule has 0 N–H and O–H groups in total. The molecule has 0 atom stereocenters. The van der Waals surface area contributed by atoms with Crippen LogP contribution >= 0.6 is 0 Å². The Morgan fingerprint density at radius 3 is 0.780 bits per heavy atom. The van der Waals surface area contributed by atoms with Crippen LogP contribution in [0.4, 0.5) is 0 Å². The van der Waals surface area contributed by atoms with E-state index in [4.69, 9.17) is 0 Å². The Kier molecular flexibility index (Phi) is 7.61. The molecule has 0 spiro atoms. The molecule has 0 aliphatic heterocycles. The van der Waals surface area contributed by atoms with Crippen molar-refractivity contribution in [3.05, 3.63) is 206 Å². The van der Waals surface area contributed by atoms with Crippen molar-refractivity contribution in [2.24, 2.45) is 0 Å². The van der Waals surface area contributed by atoms with Gasteiger partial charge >= 0.3 is 0 Å². The summed E-state index contributed by atoms with van der Waals surface area (Å²) in [7, 11) is 0. The van der Waals surface area contributed by atoms with Gasteiger partial charge in [0, 0.05) is 0 Å². The third kappa shape index (κ3) is 5.89. The number of rotatable bonds is 6. The minimum absolute atomic E-state index is 1.20. The van der Waals surface area contributed by atoms with Crippen LogP contribution in [0.25, 0.3) is 88.3 Å². The van der Waals surface area contributed by atoms with Crippen molar-refractivity contribution >= 4 is 21.5 Å². The minimum atomic E-state index is 1.20. The van der Waals surface area contributed by atoms with Gasteiger partial charge < -0.3 is 0 Å². The molecule has 0 nitrogen and oxygen atoms in total. The van der Waals surface area contributed by atoms with Gasteiger partial charge in [-0.3, -0.25) is 0 Å². The first-order valence-electron chi connectivity index (χ1n) is 17.2. The van der Waals surface area contributed by atoms with E-state index in [1.165, 1.54) is 88.3 Å². The molecule has 0 aliphatic rings. The van der Waals surface area contributed by atoms with Gasteiger partial charge in [-0.2, -0.15) is 0 Å². The van der Waals surface area contributed by atoms with E-state index in [0.29, 0.717) is 0 Å². The van der Waals surface area contributed by atoms with E-state index < -0.39 is 0 Å². The number of benzene rings is 9. The highest BCUT2D eigenvalue weighted by Crippen LogP contribution is 2.36. The predicted octanol–water partition coefficient (Wildman–Crippen LogP) is 14.0. The average molecular weight is 635 g/mol. The lowest BCUT2D eigenvalue weighted by Crippen LogP contribution is -1.88. The summed E-state index contributed by atoms with van der Waals surface area (Å²) >= 11 is 0. The molecule has 9 aromatic carbocycles. The molecule has 0 radical (unpaired) electrons. The van der Waals surface area contributed by atoms with Gasteiger partial charge in [0.05, 0.1) is 0 Å². The van der Waals surface area contributed by atoms with E-state index in [-0.39, 0.29) is 0 Å². The molecule has 0 unspecified atom stereocenters. The molecule has 0 bridgehead atoms. The van der Waals surface area contributed by atoms with Gasteiger partial charge in [-0.25, -0.2) is 0 Å². The van der Waals surface area contributed by atoms with Crippen molar-refractivity contribution in [2.75, 3.05) is 0 Å². The number of fused-ring (bicyclic) bond motifs is 2. The van der Waals surface area contributed by atoms with E-state index in [0.717, 1.165) is 0 Å². The highest BCUT2D eigenvalue weighted by molar-refractivity contribution is 5.89. The topological polar surface area (TPSA) is 0 Å². The van der Waals surface area contributed by atoms with Crippen molar-refractivity contribution in [2.45, 2.75) is 0 Å². The standard InChI is InChI=1S/C50H34/c1-2-8-35(9-3-1)38-14-20-41(21-15-38)48-32-49(42-22-16-39(17-23-42)46-28-26-36-10-4-6-12-44(36)30-46)34-50(33-48)43-24-18-40(19-25-43)47-29-27-37-11-5-7-13-45(37)31-47/h1-34H. The Bertz CT molecular complexity index is 2450. The smallest absolute Gasteiger partial charge is 0.0172 e. The van der Waals surface area contributed by atoms with Crippen molar-refractivity contribution in [1.29, 1.82) is 0 Å². The molecule has 9 aromatic rings. The van der Waals surface area contributed by atoms with Gasteiger partial charge in [0.25, 0.3) is 0 Å². The molecule has 0 saturated carbocycles. The average Bonchev–Trinajstić information content (AvgIpc) is 3.21. The summed E-state index contributed by atoms with van der Waals surface area (Å²) < 4.78 is 0. The second-order valence-electron chi connectivity index (χ2n) is 13.0. The molecule has 0 amide bonds. The molecule has 50 heavy (non-hydrogen) atoms. The minimum Gasteiger partial charge on any atom is -0.0622 e. The normalized spacial score (nSPS) is 11.2. The highest BCUT2D eigenvalue weighted by Gasteiger charge is 2.10. The van der Waals surface area contributed by atoms with Gasteiger partial charge in [-0.05, 0) is 119 Å². The zero-order chi connectivity index (χ0) is 33.3. The SMILES string of the molecule is c1ccc(-c2ccc(-c3cc(-c4ccc(-c5ccc6ccccc6c5)cc4)cc(-c4ccc(-c5ccc6ccccc6c5)cc4)c3)cc2)cc1. The van der Waals surface area contributed by atoms with E-state index in [2.05, 4.69) is 206 Å². The van der Waals surface area contributed by atoms with E-state index in [9.17, 15) is 0 Å². The van der Waals surface area contributed by atoms with Crippen molar-refractivity contribution < 1.29 is 0 Å². The third-order valence-corrected chi connectivity index (χ3v) is 9.86. The summed E-state index contributed by atoms with van der Waals surface area (Å²) in [6, 6.07) is 75.1. The molecule has 0 heteroatoms. The Morgan fingerprint density at radius 1 is 0.140 bits per heavy atom. The van der Waals surface area contributed by atoms with Crippen LogP contribution in [0.2, 0.25) is 0 Å². The van der Waals surface area contributed by atoms with Gasteiger partial charge in [0.2, 0.25) is 0 Å². The maximum Gasteiger partial charge on any atom is -0.0172 e. The largest absolute Gasteiger partial charge is 0.0622 e. The Morgan fingerprint density at radius 2 is 0.400 bits per heavy atom. The second-order valence-corrected chi connectivity index (χ2v) is 13.0. The van der Waals surface area contributed by atoms with Crippen molar-refractivity contribution in [3.8, 4) is 66.8 Å². The van der Waals surface area contributed by atoms with Crippen LogP contribution in [0.3, 0.4) is 0 Å². The van der Waals surface area contributed by atoms with Gasteiger partial charge in [-0.15, -0.1) is 0 Å². The molecule has 0 saturated heterocycles. The van der Waals surface area contributed by atoms with Crippen molar-refractivity contribution in [1.82, 2.24) is 0 Å². The van der Waals surface area contributed by atoms with Crippen LogP contribution in [0.15, 0.2) is 206 Å². The molecular weight excluding hydrogens is 601 g/mol. The first-order chi connectivity index (χ1) is 24.7. The lowest BCUT2D eigenvalue weighted by atomic mass is 9.91. The summed E-state index contributed by atoms with van der Waals surface area (Å²) in [4.78, 5) is 0. The lowest BCUT2D eigenvalue weighted by molar-refractivity contribution is 1.55. The Labute approximate surface area is 293 Å². The lowest BCUT2D eigenvalue weighted by Gasteiger charge is -2.13. The first-order valence-corrected chi connectivity index (χ1v) is 17.2. The molecule has 0 aromatic heterocycles. The van der Waals surface area contributed by atoms with Crippen molar-refractivity contribution in [3.63, 3.8) is 0 Å². The van der Waals surface area contributed by atoms with Crippen LogP contribution < -0.4 is 0 Å². The molecule has 0 aliphatic carbocycles. The summed E-state index contributed by atoms with van der Waals surface area (Å²) in [6.07, 6.45) is 0. The predicted molar refractivity (Wildman–Crippen MR) is 214 cm³/mol. The third-order valence-electron chi connectivity index (χ3n) is 9.86. The van der Waals surface area contributed by atoms with Gasteiger partial charge in [0.15, 0.2) is 0 Å². The monoisotopic (exact) mass is 634 g/mol. The van der Waals surface area contributed by atoms with E-state index in [1.54, 1.807) is 0 Å². The summed E-state index contributed by atoms with van der Waals surface area (Å²) in [5.74, 6) is 0. The quantitative estimate of drug-likeness (QED) is 0.171. The number of hydrogen-bond acceptors (Lipinski definition) is 0. The van der Waals surface area contributed by atoms with Crippen LogP contribution in [0, 0.1) is 0 Å².